The lowest BCUT2D eigenvalue weighted by Gasteiger charge is -2.09. The van der Waals surface area contributed by atoms with Gasteiger partial charge in [0.15, 0.2) is 0 Å². The monoisotopic (exact) mass is 383 g/mol. The summed E-state index contributed by atoms with van der Waals surface area (Å²) in [5, 5.41) is 7.62. The number of hydrogen-bond acceptors (Lipinski definition) is 4. The van der Waals surface area contributed by atoms with Gasteiger partial charge >= 0.3 is 0 Å². The zero-order valence-electron chi connectivity index (χ0n) is 14.7. The van der Waals surface area contributed by atoms with Gasteiger partial charge in [0.05, 0.1) is 12.8 Å². The highest BCUT2D eigenvalue weighted by atomic mass is 35.5. The van der Waals surface area contributed by atoms with Crippen molar-refractivity contribution in [3.05, 3.63) is 81.6 Å². The second-order valence-corrected chi connectivity index (χ2v) is 6.22. The second kappa shape index (κ2) is 8.51. The highest BCUT2D eigenvalue weighted by molar-refractivity contribution is 6.31. The van der Waals surface area contributed by atoms with Gasteiger partial charge in [-0.1, -0.05) is 29.8 Å². The summed E-state index contributed by atoms with van der Waals surface area (Å²) in [6, 6.07) is 17.6. The Hall–Kier alpha value is -3.12. The maximum absolute atomic E-state index is 12.2. The summed E-state index contributed by atoms with van der Waals surface area (Å²) in [6.07, 6.45) is 0. The molecule has 138 valence electrons. The average molecular weight is 384 g/mol. The number of ether oxygens (including phenoxy) is 1. The van der Waals surface area contributed by atoms with Gasteiger partial charge in [0, 0.05) is 23.2 Å². The molecule has 0 spiro atoms. The quantitative estimate of drug-likeness (QED) is 0.710. The van der Waals surface area contributed by atoms with Crippen LogP contribution in [0.15, 0.2) is 65.5 Å². The van der Waals surface area contributed by atoms with Crippen LogP contribution in [0.2, 0.25) is 5.02 Å². The first-order valence-corrected chi connectivity index (χ1v) is 8.67. The van der Waals surface area contributed by atoms with Crippen molar-refractivity contribution in [3.63, 3.8) is 0 Å². The summed E-state index contributed by atoms with van der Waals surface area (Å²) in [5.74, 6) is 0.405. The van der Waals surface area contributed by atoms with E-state index in [2.05, 4.69) is 10.4 Å². The van der Waals surface area contributed by atoms with Crippen LogP contribution in [0.4, 0.5) is 0 Å². The molecule has 0 saturated heterocycles. The molecule has 0 fully saturated rings. The fourth-order valence-corrected chi connectivity index (χ4v) is 2.71. The van der Waals surface area contributed by atoms with Crippen LogP contribution in [-0.4, -0.2) is 22.8 Å². The Bertz CT molecular complexity index is 1000. The van der Waals surface area contributed by atoms with Gasteiger partial charge in [-0.25, -0.2) is 4.68 Å². The molecule has 0 aliphatic heterocycles. The van der Waals surface area contributed by atoms with E-state index in [4.69, 9.17) is 16.3 Å². The van der Waals surface area contributed by atoms with Crippen LogP contribution in [0.1, 0.15) is 5.56 Å². The highest BCUT2D eigenvalue weighted by Crippen LogP contribution is 2.19. The lowest BCUT2D eigenvalue weighted by molar-refractivity contribution is -0.122. The standard InChI is InChI=1S/C20H18ClN3O3/c1-27-16-8-6-14(7-9-16)18-10-11-20(26)24(23-18)13-19(25)22-12-15-4-2-3-5-17(15)21/h2-11H,12-13H2,1H3,(H,22,25). The number of rotatable bonds is 6. The Morgan fingerprint density at radius 1 is 1.11 bits per heavy atom. The Morgan fingerprint density at radius 3 is 2.56 bits per heavy atom. The Morgan fingerprint density at radius 2 is 1.85 bits per heavy atom. The summed E-state index contributed by atoms with van der Waals surface area (Å²) in [5.41, 5.74) is 1.87. The van der Waals surface area contributed by atoms with Gasteiger partial charge in [0.25, 0.3) is 5.56 Å². The van der Waals surface area contributed by atoms with Crippen molar-refractivity contribution in [2.75, 3.05) is 7.11 Å². The molecule has 27 heavy (non-hydrogen) atoms. The van der Waals surface area contributed by atoms with E-state index in [1.54, 1.807) is 19.2 Å². The summed E-state index contributed by atoms with van der Waals surface area (Å²) >= 11 is 6.08. The molecule has 1 N–H and O–H groups in total. The SMILES string of the molecule is COc1ccc(-c2ccc(=O)n(CC(=O)NCc3ccccc3Cl)n2)cc1. The molecule has 0 unspecified atom stereocenters. The molecule has 0 aliphatic carbocycles. The van der Waals surface area contributed by atoms with Crippen molar-refractivity contribution >= 4 is 17.5 Å². The number of aromatic nitrogens is 2. The third kappa shape index (κ3) is 4.74. The zero-order valence-corrected chi connectivity index (χ0v) is 15.4. The fourth-order valence-electron chi connectivity index (χ4n) is 2.51. The summed E-state index contributed by atoms with van der Waals surface area (Å²) in [7, 11) is 1.59. The first-order valence-electron chi connectivity index (χ1n) is 8.29. The van der Waals surface area contributed by atoms with E-state index in [1.807, 2.05) is 42.5 Å². The molecule has 2 aromatic carbocycles. The van der Waals surface area contributed by atoms with Crippen molar-refractivity contribution < 1.29 is 9.53 Å². The van der Waals surface area contributed by atoms with Gasteiger partial charge in [0.2, 0.25) is 5.91 Å². The average Bonchev–Trinajstić information content (AvgIpc) is 2.69. The minimum absolute atomic E-state index is 0.173. The summed E-state index contributed by atoms with van der Waals surface area (Å²) in [6.45, 7) is 0.110. The second-order valence-electron chi connectivity index (χ2n) is 5.81. The van der Waals surface area contributed by atoms with Gasteiger partial charge in [-0.2, -0.15) is 5.10 Å². The normalized spacial score (nSPS) is 10.4. The highest BCUT2D eigenvalue weighted by Gasteiger charge is 2.09. The number of carbonyl (C=O) groups is 1. The number of carbonyl (C=O) groups excluding carboxylic acids is 1. The van der Waals surface area contributed by atoms with Crippen molar-refractivity contribution in [2.45, 2.75) is 13.1 Å². The largest absolute Gasteiger partial charge is 0.497 e. The number of nitrogens with zero attached hydrogens (tertiary/aromatic N) is 2. The van der Waals surface area contributed by atoms with Crippen molar-refractivity contribution in [1.29, 1.82) is 0 Å². The molecule has 3 aromatic rings. The van der Waals surface area contributed by atoms with Crippen molar-refractivity contribution in [3.8, 4) is 17.0 Å². The first-order chi connectivity index (χ1) is 13.1. The molecule has 0 radical (unpaired) electrons. The minimum atomic E-state index is -0.347. The fraction of sp³-hybridized carbons (Fsp3) is 0.150. The Kier molecular flexibility index (Phi) is 5.88. The van der Waals surface area contributed by atoms with E-state index >= 15 is 0 Å². The minimum Gasteiger partial charge on any atom is -0.497 e. The van der Waals surface area contributed by atoms with E-state index in [9.17, 15) is 9.59 Å². The van der Waals surface area contributed by atoms with E-state index in [-0.39, 0.29) is 24.6 Å². The van der Waals surface area contributed by atoms with E-state index in [0.29, 0.717) is 10.7 Å². The summed E-state index contributed by atoms with van der Waals surface area (Å²) < 4.78 is 6.27. The third-order valence-electron chi connectivity index (χ3n) is 3.98. The van der Waals surface area contributed by atoms with E-state index < -0.39 is 0 Å². The van der Waals surface area contributed by atoms with Crippen molar-refractivity contribution in [2.24, 2.45) is 0 Å². The molecule has 1 heterocycles. The number of hydrogen-bond donors (Lipinski definition) is 1. The van der Waals surface area contributed by atoms with Crippen LogP contribution in [0.25, 0.3) is 11.3 Å². The maximum Gasteiger partial charge on any atom is 0.267 e. The third-order valence-corrected chi connectivity index (χ3v) is 4.35. The van der Waals surface area contributed by atoms with Gasteiger partial charge in [-0.3, -0.25) is 9.59 Å². The van der Waals surface area contributed by atoms with Crippen LogP contribution in [0.5, 0.6) is 5.75 Å². The van der Waals surface area contributed by atoms with Crippen LogP contribution >= 0.6 is 11.6 Å². The van der Waals surface area contributed by atoms with Crippen LogP contribution in [0, 0.1) is 0 Å². The zero-order chi connectivity index (χ0) is 19.2. The van der Waals surface area contributed by atoms with Crippen molar-refractivity contribution in [1.82, 2.24) is 15.1 Å². The molecule has 7 heteroatoms. The molecular formula is C20H18ClN3O3. The molecular weight excluding hydrogens is 366 g/mol. The number of halogens is 1. The van der Waals surface area contributed by atoms with Crippen LogP contribution < -0.4 is 15.6 Å². The van der Waals surface area contributed by atoms with Gasteiger partial charge in [-0.15, -0.1) is 0 Å². The van der Waals surface area contributed by atoms with E-state index in [1.165, 1.54) is 6.07 Å². The van der Waals surface area contributed by atoms with Gasteiger partial charge < -0.3 is 10.1 Å². The topological polar surface area (TPSA) is 73.2 Å². The molecule has 0 saturated carbocycles. The molecule has 0 atom stereocenters. The van der Waals surface area contributed by atoms with Crippen LogP contribution in [-0.2, 0) is 17.9 Å². The Labute approximate surface area is 161 Å². The van der Waals surface area contributed by atoms with E-state index in [0.717, 1.165) is 21.6 Å². The van der Waals surface area contributed by atoms with Gasteiger partial charge in [-0.05, 0) is 42.0 Å². The molecule has 0 aliphatic rings. The van der Waals surface area contributed by atoms with Crippen LogP contribution in [0.3, 0.4) is 0 Å². The molecule has 0 bridgehead atoms. The molecule has 1 amide bonds. The predicted molar refractivity (Wildman–Crippen MR) is 104 cm³/mol. The first kappa shape index (κ1) is 18.7. The maximum atomic E-state index is 12.2. The predicted octanol–water partition coefficient (Wildman–Crippen LogP) is 2.89. The Balaban J connectivity index is 1.71. The molecule has 3 rings (SSSR count). The number of methoxy groups -OCH3 is 1. The lowest BCUT2D eigenvalue weighted by atomic mass is 10.1. The number of nitrogens with one attached hydrogen (secondary N) is 1. The van der Waals surface area contributed by atoms with Gasteiger partial charge in [0.1, 0.15) is 12.3 Å². The molecule has 1 aromatic heterocycles. The number of benzene rings is 2. The number of amides is 1. The molecule has 6 nitrogen and oxygen atoms in total. The smallest absolute Gasteiger partial charge is 0.267 e. The summed E-state index contributed by atoms with van der Waals surface area (Å²) in [4.78, 5) is 24.3. The lowest BCUT2D eigenvalue weighted by Crippen LogP contribution is -2.33.